The Kier molecular flexibility index (Phi) is 5.79. The number of nitrogens with zero attached hydrogens (tertiary/aromatic N) is 2. The summed E-state index contributed by atoms with van der Waals surface area (Å²) in [6.07, 6.45) is 1.08. The van der Waals surface area contributed by atoms with Gasteiger partial charge in [-0.1, -0.05) is 6.92 Å². The zero-order valence-electron chi connectivity index (χ0n) is 13.0. The molecule has 0 amide bonds. The first-order valence-electron chi connectivity index (χ1n) is 7.45. The highest BCUT2D eigenvalue weighted by molar-refractivity contribution is 7.91. The standard InChI is InChI=1S/C14H25N3O2S2/c1-4-7-15-10-13-5-6-14(20-13)21(18,19)17-9-8-16(3)11-12(17)2/h5-6,12,15H,4,7-11H2,1-3H3. The molecule has 1 saturated heterocycles. The molecule has 120 valence electrons. The lowest BCUT2D eigenvalue weighted by Gasteiger charge is -2.36. The summed E-state index contributed by atoms with van der Waals surface area (Å²) in [6.45, 7) is 7.94. The van der Waals surface area contributed by atoms with Crippen LogP contribution in [0.2, 0.25) is 0 Å². The van der Waals surface area contributed by atoms with E-state index in [0.29, 0.717) is 10.8 Å². The van der Waals surface area contributed by atoms with Crippen LogP contribution < -0.4 is 5.32 Å². The average Bonchev–Trinajstić information content (AvgIpc) is 2.88. The van der Waals surface area contributed by atoms with Crippen LogP contribution in [0.1, 0.15) is 25.1 Å². The maximum Gasteiger partial charge on any atom is 0.252 e. The maximum atomic E-state index is 12.7. The SMILES string of the molecule is CCCNCc1ccc(S(=O)(=O)N2CCN(C)CC2C)s1. The first-order valence-corrected chi connectivity index (χ1v) is 9.70. The largest absolute Gasteiger partial charge is 0.312 e. The number of hydrogen-bond donors (Lipinski definition) is 1. The Hall–Kier alpha value is -0.470. The van der Waals surface area contributed by atoms with Crippen LogP contribution in [0.15, 0.2) is 16.3 Å². The van der Waals surface area contributed by atoms with E-state index in [1.807, 2.05) is 20.0 Å². The summed E-state index contributed by atoms with van der Waals surface area (Å²) < 4.78 is 27.6. The van der Waals surface area contributed by atoms with Gasteiger partial charge in [-0.05, 0) is 39.1 Å². The van der Waals surface area contributed by atoms with Gasteiger partial charge in [0, 0.05) is 37.1 Å². The monoisotopic (exact) mass is 331 g/mol. The molecule has 2 rings (SSSR count). The Bertz CT molecular complexity index is 556. The molecule has 0 aliphatic carbocycles. The molecule has 1 aliphatic rings. The third kappa shape index (κ3) is 4.04. The topological polar surface area (TPSA) is 52.7 Å². The molecular weight excluding hydrogens is 306 g/mol. The molecule has 2 heterocycles. The molecule has 1 atom stereocenters. The van der Waals surface area contributed by atoms with Gasteiger partial charge in [0.05, 0.1) is 0 Å². The zero-order valence-corrected chi connectivity index (χ0v) is 14.6. The van der Waals surface area contributed by atoms with E-state index < -0.39 is 10.0 Å². The summed E-state index contributed by atoms with van der Waals surface area (Å²) in [5.41, 5.74) is 0. The van der Waals surface area contributed by atoms with Crippen LogP contribution in [0.3, 0.4) is 0 Å². The van der Waals surface area contributed by atoms with Gasteiger partial charge < -0.3 is 10.2 Å². The van der Waals surface area contributed by atoms with Gasteiger partial charge in [-0.25, -0.2) is 8.42 Å². The van der Waals surface area contributed by atoms with Crippen LogP contribution in [-0.2, 0) is 16.6 Å². The first kappa shape index (κ1) is 16.9. The summed E-state index contributed by atoms with van der Waals surface area (Å²) in [5.74, 6) is 0. The molecule has 1 aliphatic heterocycles. The molecule has 1 aromatic heterocycles. The van der Waals surface area contributed by atoms with Gasteiger partial charge in [-0.15, -0.1) is 11.3 Å². The highest BCUT2D eigenvalue weighted by atomic mass is 32.2. The van der Waals surface area contributed by atoms with Crippen molar-refractivity contribution in [3.05, 3.63) is 17.0 Å². The van der Waals surface area contributed by atoms with Gasteiger partial charge in [-0.3, -0.25) is 0 Å². The molecule has 0 aromatic carbocycles. The average molecular weight is 332 g/mol. The minimum absolute atomic E-state index is 0.0255. The van der Waals surface area contributed by atoms with E-state index in [9.17, 15) is 8.42 Å². The van der Waals surface area contributed by atoms with E-state index in [1.54, 1.807) is 10.4 Å². The number of hydrogen-bond acceptors (Lipinski definition) is 5. The quantitative estimate of drug-likeness (QED) is 0.804. The van der Waals surface area contributed by atoms with Crippen LogP contribution in [-0.4, -0.2) is 56.9 Å². The van der Waals surface area contributed by atoms with Gasteiger partial charge in [0.1, 0.15) is 4.21 Å². The van der Waals surface area contributed by atoms with E-state index in [0.717, 1.165) is 37.5 Å². The number of likely N-dealkylation sites (N-methyl/N-ethyl adjacent to an activating group) is 1. The highest BCUT2D eigenvalue weighted by Gasteiger charge is 2.33. The van der Waals surface area contributed by atoms with E-state index in [4.69, 9.17) is 0 Å². The molecule has 5 nitrogen and oxygen atoms in total. The van der Waals surface area contributed by atoms with Crippen LogP contribution >= 0.6 is 11.3 Å². The van der Waals surface area contributed by atoms with Crippen molar-refractivity contribution in [2.45, 2.75) is 37.1 Å². The molecule has 1 fully saturated rings. The molecule has 0 radical (unpaired) electrons. The number of nitrogens with one attached hydrogen (secondary N) is 1. The van der Waals surface area contributed by atoms with Crippen LogP contribution in [0, 0.1) is 0 Å². The Morgan fingerprint density at radius 3 is 2.81 bits per heavy atom. The second kappa shape index (κ2) is 7.19. The van der Waals surface area contributed by atoms with Gasteiger partial charge in [-0.2, -0.15) is 4.31 Å². The second-order valence-corrected chi connectivity index (χ2v) is 8.91. The molecule has 7 heteroatoms. The molecule has 0 saturated carbocycles. The third-order valence-corrected chi connectivity index (χ3v) is 7.26. The second-order valence-electron chi connectivity index (χ2n) is 5.62. The van der Waals surface area contributed by atoms with E-state index >= 15 is 0 Å². The molecule has 0 spiro atoms. The van der Waals surface area contributed by atoms with Gasteiger partial charge in [0.15, 0.2) is 0 Å². The predicted molar refractivity (Wildman–Crippen MR) is 87.2 cm³/mol. The number of rotatable bonds is 6. The summed E-state index contributed by atoms with van der Waals surface area (Å²) in [7, 11) is -1.32. The smallest absolute Gasteiger partial charge is 0.252 e. The first-order chi connectivity index (χ1) is 9.95. The van der Waals surface area contributed by atoms with Crippen molar-refractivity contribution in [3.63, 3.8) is 0 Å². The van der Waals surface area contributed by atoms with Crippen molar-refractivity contribution in [2.24, 2.45) is 0 Å². The van der Waals surface area contributed by atoms with E-state index in [1.165, 1.54) is 11.3 Å². The zero-order chi connectivity index (χ0) is 15.5. The summed E-state index contributed by atoms with van der Waals surface area (Å²) >= 11 is 1.38. The Morgan fingerprint density at radius 2 is 2.14 bits per heavy atom. The maximum absolute atomic E-state index is 12.7. The molecule has 21 heavy (non-hydrogen) atoms. The minimum atomic E-state index is -3.35. The lowest BCUT2D eigenvalue weighted by molar-refractivity contribution is 0.170. The predicted octanol–water partition coefficient (Wildman–Crippen LogP) is 1.57. The van der Waals surface area contributed by atoms with Crippen LogP contribution in [0.5, 0.6) is 0 Å². The van der Waals surface area contributed by atoms with Crippen molar-refractivity contribution >= 4 is 21.4 Å². The van der Waals surface area contributed by atoms with Crippen molar-refractivity contribution in [3.8, 4) is 0 Å². The Morgan fingerprint density at radius 1 is 1.38 bits per heavy atom. The van der Waals surface area contributed by atoms with Crippen molar-refractivity contribution in [1.82, 2.24) is 14.5 Å². The fraction of sp³-hybridized carbons (Fsp3) is 0.714. The van der Waals surface area contributed by atoms with Gasteiger partial charge in [0.2, 0.25) is 0 Å². The molecule has 1 aromatic rings. The van der Waals surface area contributed by atoms with Gasteiger partial charge >= 0.3 is 0 Å². The van der Waals surface area contributed by atoms with Crippen LogP contribution in [0.4, 0.5) is 0 Å². The fourth-order valence-electron chi connectivity index (χ4n) is 2.58. The highest BCUT2D eigenvalue weighted by Crippen LogP contribution is 2.27. The minimum Gasteiger partial charge on any atom is -0.312 e. The Labute approximate surface area is 132 Å². The van der Waals surface area contributed by atoms with Crippen molar-refractivity contribution in [1.29, 1.82) is 0 Å². The summed E-state index contributed by atoms with van der Waals surface area (Å²) in [5, 5.41) is 3.31. The number of thiophene rings is 1. The lowest BCUT2D eigenvalue weighted by atomic mass is 10.2. The van der Waals surface area contributed by atoms with E-state index in [2.05, 4.69) is 17.1 Å². The molecule has 1 unspecified atom stereocenters. The lowest BCUT2D eigenvalue weighted by Crippen LogP contribution is -2.52. The molecule has 1 N–H and O–H groups in total. The third-order valence-electron chi connectivity index (χ3n) is 3.70. The van der Waals surface area contributed by atoms with Crippen LogP contribution in [0.25, 0.3) is 0 Å². The number of sulfonamides is 1. The fourth-order valence-corrected chi connectivity index (χ4v) is 5.64. The van der Waals surface area contributed by atoms with Crippen molar-refractivity contribution < 1.29 is 8.42 Å². The number of piperazine rings is 1. The van der Waals surface area contributed by atoms with Crippen molar-refractivity contribution in [2.75, 3.05) is 33.2 Å². The normalized spacial score (nSPS) is 21.8. The Balaban J connectivity index is 2.09. The molecule has 0 bridgehead atoms. The molecular formula is C14H25N3O2S2. The summed E-state index contributed by atoms with van der Waals surface area (Å²) in [6, 6.07) is 3.69. The van der Waals surface area contributed by atoms with E-state index in [-0.39, 0.29) is 6.04 Å². The van der Waals surface area contributed by atoms with Gasteiger partial charge in [0.25, 0.3) is 10.0 Å². The summed E-state index contributed by atoms with van der Waals surface area (Å²) in [4.78, 5) is 3.24.